The molecule has 3 heterocycles. The first kappa shape index (κ1) is 21.0. The van der Waals surface area contributed by atoms with Crippen LogP contribution in [0.4, 0.5) is 16.6 Å². The normalized spacial score (nSPS) is 11.1. The van der Waals surface area contributed by atoms with Crippen molar-refractivity contribution >= 4 is 45.3 Å². The van der Waals surface area contributed by atoms with E-state index >= 15 is 0 Å². The van der Waals surface area contributed by atoms with Crippen molar-refractivity contribution < 1.29 is 14.1 Å². The number of nitrogen functional groups attached to an aromatic ring is 1. The molecule has 0 radical (unpaired) electrons. The maximum absolute atomic E-state index is 11.8. The minimum absolute atomic E-state index is 0.110. The van der Waals surface area contributed by atoms with E-state index in [4.69, 9.17) is 15.0 Å². The molecule has 0 amide bonds. The Kier molecular flexibility index (Phi) is 6.01. The Labute approximate surface area is 187 Å². The summed E-state index contributed by atoms with van der Waals surface area (Å²) in [4.78, 5) is 21.5. The molecule has 0 unspecified atom stereocenters. The van der Waals surface area contributed by atoms with Crippen LogP contribution in [0.25, 0.3) is 21.3 Å². The van der Waals surface area contributed by atoms with Gasteiger partial charge in [0.15, 0.2) is 16.6 Å². The van der Waals surface area contributed by atoms with Gasteiger partial charge in [0, 0.05) is 17.1 Å². The van der Waals surface area contributed by atoms with Gasteiger partial charge < -0.3 is 20.3 Å². The first-order chi connectivity index (χ1) is 14.9. The summed E-state index contributed by atoms with van der Waals surface area (Å²) in [6.45, 7) is 6.32. The van der Waals surface area contributed by atoms with Crippen molar-refractivity contribution in [2.75, 3.05) is 17.7 Å². The molecule has 8 nitrogen and oxygen atoms in total. The minimum Gasteiger partial charge on any atom is -0.461 e. The lowest BCUT2D eigenvalue weighted by Crippen LogP contribution is -2.04. The maximum atomic E-state index is 11.8. The molecule has 31 heavy (non-hydrogen) atoms. The van der Waals surface area contributed by atoms with Gasteiger partial charge in [0.25, 0.3) is 0 Å². The van der Waals surface area contributed by atoms with Crippen LogP contribution in [0.5, 0.6) is 0 Å². The largest absolute Gasteiger partial charge is 0.461 e. The standard InChI is InChI=1S/C21H21N5O3S2/c1-4-28-20(27)14-9-16(29-26-14)15-10-30-19(24-15)17-18(22)25-21(31-17)23-13-7-5-12(6-8-13)11(2)3/h5-11H,4,22H2,1-3H3,(H,23,25). The van der Waals surface area contributed by atoms with E-state index in [0.717, 1.165) is 10.6 Å². The molecular formula is C21H21N5O3S2. The first-order valence-electron chi connectivity index (χ1n) is 9.68. The van der Waals surface area contributed by atoms with Crippen LogP contribution in [-0.4, -0.2) is 27.7 Å². The van der Waals surface area contributed by atoms with E-state index in [-0.39, 0.29) is 12.3 Å². The summed E-state index contributed by atoms with van der Waals surface area (Å²) >= 11 is 2.84. The topological polar surface area (TPSA) is 116 Å². The Morgan fingerprint density at radius 3 is 2.74 bits per heavy atom. The Bertz CT molecular complexity index is 1190. The van der Waals surface area contributed by atoms with E-state index in [0.29, 0.717) is 33.3 Å². The van der Waals surface area contributed by atoms with Gasteiger partial charge in [-0.2, -0.15) is 0 Å². The number of carbonyl (C=O) groups excluding carboxylic acids is 1. The van der Waals surface area contributed by atoms with E-state index in [2.05, 4.69) is 46.4 Å². The highest BCUT2D eigenvalue weighted by Gasteiger charge is 2.19. The lowest BCUT2D eigenvalue weighted by molar-refractivity contribution is 0.0514. The number of carbonyl (C=O) groups is 1. The molecule has 3 aromatic heterocycles. The zero-order chi connectivity index (χ0) is 22.0. The van der Waals surface area contributed by atoms with Crippen molar-refractivity contribution in [1.82, 2.24) is 15.1 Å². The van der Waals surface area contributed by atoms with Crippen molar-refractivity contribution in [2.24, 2.45) is 0 Å². The fraction of sp³-hybridized carbons (Fsp3) is 0.238. The average Bonchev–Trinajstić information content (AvgIpc) is 3.48. The third-order valence-corrected chi connectivity index (χ3v) is 6.41. The smallest absolute Gasteiger partial charge is 0.360 e. The molecular weight excluding hydrogens is 434 g/mol. The molecule has 0 spiro atoms. The molecule has 160 valence electrons. The van der Waals surface area contributed by atoms with Gasteiger partial charge in [-0.3, -0.25) is 0 Å². The van der Waals surface area contributed by atoms with Crippen LogP contribution in [0.2, 0.25) is 0 Å². The molecule has 0 aliphatic heterocycles. The average molecular weight is 456 g/mol. The van der Waals surface area contributed by atoms with E-state index in [1.807, 2.05) is 17.5 Å². The predicted molar refractivity (Wildman–Crippen MR) is 123 cm³/mol. The number of anilines is 3. The zero-order valence-electron chi connectivity index (χ0n) is 17.2. The van der Waals surface area contributed by atoms with Gasteiger partial charge in [-0.15, -0.1) is 11.3 Å². The number of aromatic nitrogens is 3. The number of ether oxygens (including phenoxy) is 1. The SMILES string of the molecule is CCOC(=O)c1cc(-c2csc(-c3sc(Nc4ccc(C(C)C)cc4)nc3N)n2)on1. The molecule has 1 aromatic carbocycles. The molecule has 0 saturated heterocycles. The van der Waals surface area contributed by atoms with Gasteiger partial charge in [-0.1, -0.05) is 42.5 Å². The highest BCUT2D eigenvalue weighted by molar-refractivity contribution is 7.23. The summed E-state index contributed by atoms with van der Waals surface area (Å²) in [7, 11) is 0. The molecule has 0 bridgehead atoms. The van der Waals surface area contributed by atoms with Gasteiger partial charge in [0.2, 0.25) is 0 Å². The first-order valence-corrected chi connectivity index (χ1v) is 11.4. The Morgan fingerprint density at radius 1 is 1.26 bits per heavy atom. The van der Waals surface area contributed by atoms with Crippen LogP contribution in [0, 0.1) is 0 Å². The highest BCUT2D eigenvalue weighted by Crippen LogP contribution is 2.39. The summed E-state index contributed by atoms with van der Waals surface area (Å²) in [5.74, 6) is 0.735. The van der Waals surface area contributed by atoms with Gasteiger partial charge >= 0.3 is 5.97 Å². The van der Waals surface area contributed by atoms with E-state index < -0.39 is 5.97 Å². The van der Waals surface area contributed by atoms with Gasteiger partial charge in [0.05, 0.1) is 6.61 Å². The number of rotatable bonds is 7. The molecule has 3 N–H and O–H groups in total. The second kappa shape index (κ2) is 8.86. The van der Waals surface area contributed by atoms with Crippen molar-refractivity contribution in [3.05, 3.63) is 47.0 Å². The third kappa shape index (κ3) is 4.59. The molecule has 10 heteroatoms. The Morgan fingerprint density at radius 2 is 2.03 bits per heavy atom. The number of benzene rings is 1. The lowest BCUT2D eigenvalue weighted by Gasteiger charge is -2.07. The molecule has 0 atom stereocenters. The molecule has 0 aliphatic carbocycles. The summed E-state index contributed by atoms with van der Waals surface area (Å²) in [5, 5.41) is 10.3. The number of thiazole rings is 2. The van der Waals surface area contributed by atoms with Crippen LogP contribution in [-0.2, 0) is 4.74 Å². The monoisotopic (exact) mass is 455 g/mol. The van der Waals surface area contributed by atoms with E-state index in [9.17, 15) is 4.79 Å². The van der Waals surface area contributed by atoms with Crippen molar-refractivity contribution in [3.8, 4) is 21.3 Å². The molecule has 0 saturated carbocycles. The number of hydrogen-bond acceptors (Lipinski definition) is 10. The van der Waals surface area contributed by atoms with E-state index in [1.54, 1.807) is 6.92 Å². The molecule has 0 fully saturated rings. The predicted octanol–water partition coefficient (Wildman–Crippen LogP) is 5.55. The Balaban J connectivity index is 1.52. The maximum Gasteiger partial charge on any atom is 0.360 e. The molecule has 0 aliphatic rings. The summed E-state index contributed by atoms with van der Waals surface area (Å²) in [6.07, 6.45) is 0. The van der Waals surface area contributed by atoms with Gasteiger partial charge in [0.1, 0.15) is 21.4 Å². The highest BCUT2D eigenvalue weighted by atomic mass is 32.1. The quantitative estimate of drug-likeness (QED) is 0.349. The summed E-state index contributed by atoms with van der Waals surface area (Å²) < 4.78 is 10.2. The Hall–Kier alpha value is -3.24. The lowest BCUT2D eigenvalue weighted by atomic mass is 10.0. The second-order valence-corrected chi connectivity index (χ2v) is 8.83. The molecule has 4 rings (SSSR count). The summed E-state index contributed by atoms with van der Waals surface area (Å²) in [6, 6.07) is 9.76. The van der Waals surface area contributed by atoms with Crippen LogP contribution in [0.15, 0.2) is 40.2 Å². The van der Waals surface area contributed by atoms with Crippen LogP contribution in [0.1, 0.15) is 42.7 Å². The van der Waals surface area contributed by atoms with Gasteiger partial charge in [-0.05, 0) is 30.5 Å². The zero-order valence-corrected chi connectivity index (χ0v) is 18.8. The summed E-state index contributed by atoms with van der Waals surface area (Å²) in [5.41, 5.74) is 9.04. The van der Waals surface area contributed by atoms with Crippen molar-refractivity contribution in [1.29, 1.82) is 0 Å². The molecule has 4 aromatic rings. The number of nitrogens with one attached hydrogen (secondary N) is 1. The van der Waals surface area contributed by atoms with Crippen LogP contribution in [0.3, 0.4) is 0 Å². The van der Waals surface area contributed by atoms with Crippen LogP contribution >= 0.6 is 22.7 Å². The number of esters is 1. The number of nitrogens with zero attached hydrogens (tertiary/aromatic N) is 3. The second-order valence-electron chi connectivity index (χ2n) is 6.97. The van der Waals surface area contributed by atoms with Crippen molar-refractivity contribution in [3.63, 3.8) is 0 Å². The number of hydrogen-bond donors (Lipinski definition) is 2. The number of nitrogens with two attached hydrogens (primary N) is 1. The van der Waals surface area contributed by atoms with E-state index in [1.165, 1.54) is 34.3 Å². The van der Waals surface area contributed by atoms with Crippen molar-refractivity contribution in [2.45, 2.75) is 26.7 Å². The fourth-order valence-corrected chi connectivity index (χ4v) is 4.62. The minimum atomic E-state index is -0.531. The third-order valence-electron chi connectivity index (χ3n) is 4.43. The fourth-order valence-electron chi connectivity index (χ4n) is 2.80. The van der Waals surface area contributed by atoms with Crippen LogP contribution < -0.4 is 11.1 Å². The van der Waals surface area contributed by atoms with Gasteiger partial charge in [-0.25, -0.2) is 14.8 Å².